The molecule has 4 rings (SSSR count). The number of methoxy groups -OCH3 is 1. The molecule has 11 nitrogen and oxygen atoms in total. The maximum atomic E-state index is 13.2. The van der Waals surface area contributed by atoms with Gasteiger partial charge < -0.3 is 15.4 Å². The maximum Gasteiger partial charge on any atom is 0.325 e. The molecule has 0 bridgehead atoms. The number of hydrogen-bond donors (Lipinski definition) is 2. The number of imide groups is 1. The first-order valence-corrected chi connectivity index (χ1v) is 9.74. The summed E-state index contributed by atoms with van der Waals surface area (Å²) in [5, 5.41) is 16.4. The van der Waals surface area contributed by atoms with Crippen molar-refractivity contribution in [2.75, 3.05) is 19.0 Å². The van der Waals surface area contributed by atoms with Crippen LogP contribution in [0.15, 0.2) is 48.8 Å². The van der Waals surface area contributed by atoms with Crippen molar-refractivity contribution in [1.29, 1.82) is 0 Å². The van der Waals surface area contributed by atoms with E-state index in [4.69, 9.17) is 4.74 Å². The van der Waals surface area contributed by atoms with Gasteiger partial charge >= 0.3 is 6.03 Å². The number of carbonyl (C=O) groups excluding carboxylic acids is 3. The minimum atomic E-state index is -1.34. The Balaban J connectivity index is 1.54. The van der Waals surface area contributed by atoms with Gasteiger partial charge in [-0.05, 0) is 59.7 Å². The minimum absolute atomic E-state index is 0.440. The third kappa shape index (κ3) is 3.75. The van der Waals surface area contributed by atoms with Crippen LogP contribution in [0.5, 0.6) is 5.75 Å². The molecular weight excluding hydrogens is 414 g/mol. The monoisotopic (exact) mass is 435 g/mol. The molecule has 2 N–H and O–H groups in total. The second-order valence-corrected chi connectivity index (χ2v) is 7.50. The molecule has 3 aromatic rings. The lowest BCUT2D eigenvalue weighted by molar-refractivity contribution is -0.133. The van der Waals surface area contributed by atoms with Crippen molar-refractivity contribution in [3.8, 4) is 11.4 Å². The van der Waals surface area contributed by atoms with Crippen LogP contribution in [0.2, 0.25) is 0 Å². The number of aryl methyl sites for hydroxylation is 1. The van der Waals surface area contributed by atoms with Crippen molar-refractivity contribution in [3.63, 3.8) is 0 Å². The lowest BCUT2D eigenvalue weighted by Crippen LogP contribution is -2.42. The van der Waals surface area contributed by atoms with E-state index in [0.717, 1.165) is 10.5 Å². The maximum absolute atomic E-state index is 13.2. The molecular formula is C21H21N7O4. The van der Waals surface area contributed by atoms with E-state index in [0.29, 0.717) is 22.7 Å². The van der Waals surface area contributed by atoms with E-state index in [2.05, 4.69) is 26.2 Å². The van der Waals surface area contributed by atoms with E-state index in [1.165, 1.54) is 18.1 Å². The SMILES string of the molecule is COc1ccc(C)cc1NC(=O)CN1C(=O)N[C@](C)(c2cccc(-n3cnnn3)c2)C1=O. The zero-order valence-electron chi connectivity index (χ0n) is 17.7. The van der Waals surface area contributed by atoms with Crippen molar-refractivity contribution in [1.82, 2.24) is 30.4 Å². The van der Waals surface area contributed by atoms with E-state index >= 15 is 0 Å². The van der Waals surface area contributed by atoms with Crippen molar-refractivity contribution in [3.05, 3.63) is 59.9 Å². The smallest absolute Gasteiger partial charge is 0.325 e. The van der Waals surface area contributed by atoms with Crippen LogP contribution in [0, 0.1) is 6.92 Å². The first-order valence-electron chi connectivity index (χ1n) is 9.74. The van der Waals surface area contributed by atoms with Crippen LogP contribution in [0.25, 0.3) is 5.69 Å². The van der Waals surface area contributed by atoms with Gasteiger partial charge in [0.1, 0.15) is 24.2 Å². The molecule has 0 aliphatic carbocycles. The van der Waals surface area contributed by atoms with Crippen LogP contribution in [0.3, 0.4) is 0 Å². The summed E-state index contributed by atoms with van der Waals surface area (Å²) in [5.41, 5.74) is 1.20. The van der Waals surface area contributed by atoms with Crippen molar-refractivity contribution in [2.45, 2.75) is 19.4 Å². The van der Waals surface area contributed by atoms with Gasteiger partial charge in [0.25, 0.3) is 5.91 Å². The number of ether oxygens (including phenoxy) is 1. The van der Waals surface area contributed by atoms with Crippen molar-refractivity contribution in [2.24, 2.45) is 0 Å². The molecule has 11 heteroatoms. The number of anilines is 1. The van der Waals surface area contributed by atoms with Gasteiger partial charge in [-0.1, -0.05) is 18.2 Å². The summed E-state index contributed by atoms with van der Waals surface area (Å²) in [4.78, 5) is 39.3. The Morgan fingerprint density at radius 1 is 1.22 bits per heavy atom. The Bertz CT molecular complexity index is 1190. The summed E-state index contributed by atoms with van der Waals surface area (Å²) >= 11 is 0. The standard InChI is InChI=1S/C21H21N7O4/c1-13-7-8-17(32-3)16(9-13)23-18(29)11-27-19(30)21(2,24-20(27)31)14-5-4-6-15(10-14)28-12-22-25-26-28/h4-10,12H,11H2,1-3H3,(H,23,29)(H,24,31)/t21-/m1/s1. The molecule has 0 saturated carbocycles. The van der Waals surface area contributed by atoms with Crippen LogP contribution < -0.4 is 15.4 Å². The predicted molar refractivity (Wildman–Crippen MR) is 113 cm³/mol. The molecule has 0 spiro atoms. The van der Waals surface area contributed by atoms with E-state index < -0.39 is 29.9 Å². The highest BCUT2D eigenvalue weighted by molar-refractivity contribution is 6.10. The Morgan fingerprint density at radius 3 is 2.75 bits per heavy atom. The molecule has 32 heavy (non-hydrogen) atoms. The second kappa shape index (κ2) is 8.10. The zero-order chi connectivity index (χ0) is 22.9. The van der Waals surface area contributed by atoms with E-state index in [1.807, 2.05) is 13.0 Å². The number of urea groups is 1. The van der Waals surface area contributed by atoms with Gasteiger partial charge in [-0.25, -0.2) is 9.48 Å². The summed E-state index contributed by atoms with van der Waals surface area (Å²) in [6.07, 6.45) is 1.42. The van der Waals surface area contributed by atoms with Crippen LogP contribution in [0.4, 0.5) is 10.5 Å². The van der Waals surface area contributed by atoms with Gasteiger partial charge in [0, 0.05) is 0 Å². The van der Waals surface area contributed by atoms with E-state index in [1.54, 1.807) is 43.3 Å². The zero-order valence-corrected chi connectivity index (χ0v) is 17.7. The first kappa shape index (κ1) is 21.0. The molecule has 2 heterocycles. The summed E-state index contributed by atoms with van der Waals surface area (Å²) in [7, 11) is 1.49. The number of nitrogens with one attached hydrogen (secondary N) is 2. The molecule has 2 aromatic carbocycles. The van der Waals surface area contributed by atoms with Crippen LogP contribution in [-0.2, 0) is 15.1 Å². The number of hydrogen-bond acceptors (Lipinski definition) is 7. The fourth-order valence-electron chi connectivity index (χ4n) is 3.53. The van der Waals surface area contributed by atoms with Gasteiger partial charge in [-0.15, -0.1) is 5.10 Å². The van der Waals surface area contributed by atoms with Gasteiger partial charge in [0.05, 0.1) is 18.5 Å². The summed E-state index contributed by atoms with van der Waals surface area (Å²) < 4.78 is 6.69. The molecule has 1 atom stereocenters. The second-order valence-electron chi connectivity index (χ2n) is 7.50. The summed E-state index contributed by atoms with van der Waals surface area (Å²) in [6, 6.07) is 11.6. The Hall–Kier alpha value is -4.28. The Morgan fingerprint density at radius 2 is 2.03 bits per heavy atom. The minimum Gasteiger partial charge on any atom is -0.495 e. The molecule has 1 saturated heterocycles. The van der Waals surface area contributed by atoms with Gasteiger partial charge in [-0.3, -0.25) is 14.5 Å². The highest BCUT2D eigenvalue weighted by Gasteiger charge is 2.49. The van der Waals surface area contributed by atoms with Crippen molar-refractivity contribution < 1.29 is 19.1 Å². The molecule has 1 aliphatic rings. The predicted octanol–water partition coefficient (Wildman–Crippen LogP) is 1.39. The molecule has 1 aromatic heterocycles. The van der Waals surface area contributed by atoms with Crippen LogP contribution >= 0.6 is 0 Å². The molecule has 0 radical (unpaired) electrons. The van der Waals surface area contributed by atoms with Gasteiger partial charge in [0.15, 0.2) is 0 Å². The number of carbonyl (C=O) groups is 3. The summed E-state index contributed by atoms with van der Waals surface area (Å²) in [6.45, 7) is 3.03. The Kier molecular flexibility index (Phi) is 5.31. The molecule has 1 aliphatic heterocycles. The lowest BCUT2D eigenvalue weighted by atomic mass is 9.91. The van der Waals surface area contributed by atoms with Gasteiger partial charge in [-0.2, -0.15) is 0 Å². The number of tetrazole rings is 1. The number of rotatable bonds is 6. The highest BCUT2D eigenvalue weighted by atomic mass is 16.5. The van der Waals surface area contributed by atoms with Crippen molar-refractivity contribution >= 4 is 23.5 Å². The normalized spacial score (nSPS) is 17.9. The van der Waals surface area contributed by atoms with E-state index in [9.17, 15) is 14.4 Å². The topological polar surface area (TPSA) is 131 Å². The number of amides is 4. The highest BCUT2D eigenvalue weighted by Crippen LogP contribution is 2.30. The lowest BCUT2D eigenvalue weighted by Gasteiger charge is -2.22. The third-order valence-corrected chi connectivity index (χ3v) is 5.24. The number of benzene rings is 2. The average molecular weight is 435 g/mol. The number of nitrogens with zero attached hydrogens (tertiary/aromatic N) is 5. The van der Waals surface area contributed by atoms with Crippen LogP contribution in [-0.4, -0.2) is 56.6 Å². The largest absolute Gasteiger partial charge is 0.495 e. The number of aromatic nitrogens is 4. The Labute approximate surface area is 183 Å². The third-order valence-electron chi connectivity index (χ3n) is 5.24. The molecule has 0 unspecified atom stereocenters. The van der Waals surface area contributed by atoms with Gasteiger partial charge in [0.2, 0.25) is 5.91 Å². The first-order chi connectivity index (χ1) is 15.3. The fraction of sp³-hybridized carbons (Fsp3) is 0.238. The van der Waals surface area contributed by atoms with Crippen LogP contribution in [0.1, 0.15) is 18.1 Å². The molecule has 4 amide bonds. The fourth-order valence-corrected chi connectivity index (χ4v) is 3.53. The summed E-state index contributed by atoms with van der Waals surface area (Å²) in [5.74, 6) is -0.586. The molecule has 1 fully saturated rings. The van der Waals surface area contributed by atoms with E-state index in [-0.39, 0.29) is 0 Å². The quantitative estimate of drug-likeness (QED) is 0.559. The molecule has 164 valence electrons. The average Bonchev–Trinajstić information content (AvgIpc) is 3.38.